The van der Waals surface area contributed by atoms with Crippen molar-refractivity contribution in [3.8, 4) is 17.2 Å². The highest BCUT2D eigenvalue weighted by Gasteiger charge is 2.68. The molecule has 0 radical (unpaired) electrons. The zero-order valence-corrected chi connectivity index (χ0v) is 27.1. The summed E-state index contributed by atoms with van der Waals surface area (Å²) in [6.45, 7) is 1.65. The van der Waals surface area contributed by atoms with E-state index in [9.17, 15) is 38.8 Å². The van der Waals surface area contributed by atoms with Gasteiger partial charge in [0.1, 0.15) is 23.1 Å². The molecule has 2 aliphatic heterocycles. The van der Waals surface area contributed by atoms with Crippen LogP contribution < -0.4 is 19.3 Å². The SMILES string of the molecule is COc1cc(O)cc(OC)c1[C@H]1C2=CC[C@@H]3C(=O)N(c4cccc([N+](=O)[O-])c4)C(=O)[C@@H]3[C@@H]2C[C@H]2C(=O)N(c3ccc(F)c(Cl)c3)C(=O)[C@@]12C. The summed E-state index contributed by atoms with van der Waals surface area (Å²) >= 11 is 6.07. The maximum absolute atomic E-state index is 14.7. The quantitative estimate of drug-likeness (QED) is 0.152. The molecule has 0 unspecified atom stereocenters. The number of amides is 4. The molecule has 3 aromatic rings. The predicted octanol–water partition coefficient (Wildman–Crippen LogP) is 5.55. The molecule has 4 amide bonds. The van der Waals surface area contributed by atoms with Gasteiger partial charge in [0, 0.05) is 35.7 Å². The third-order valence-electron chi connectivity index (χ3n) is 10.6. The minimum Gasteiger partial charge on any atom is -0.508 e. The highest BCUT2D eigenvalue weighted by molar-refractivity contribution is 6.32. The average molecular weight is 690 g/mol. The number of nitro benzene ring substituents is 1. The smallest absolute Gasteiger partial charge is 0.271 e. The molecule has 4 aliphatic rings. The van der Waals surface area contributed by atoms with E-state index in [1.807, 2.05) is 6.08 Å². The van der Waals surface area contributed by atoms with Crippen LogP contribution in [-0.2, 0) is 19.2 Å². The Morgan fingerprint density at radius 1 is 0.939 bits per heavy atom. The highest BCUT2D eigenvalue weighted by atomic mass is 35.5. The van der Waals surface area contributed by atoms with Gasteiger partial charge in [-0.1, -0.05) is 29.3 Å². The molecule has 1 saturated carbocycles. The maximum atomic E-state index is 14.7. The minimum atomic E-state index is -1.50. The van der Waals surface area contributed by atoms with Crippen LogP contribution in [0.15, 0.2) is 66.2 Å². The largest absolute Gasteiger partial charge is 0.508 e. The molecular formula is C35H29ClFN3O9. The summed E-state index contributed by atoms with van der Waals surface area (Å²) in [6, 6.07) is 11.5. The van der Waals surface area contributed by atoms with Gasteiger partial charge < -0.3 is 14.6 Å². The summed E-state index contributed by atoms with van der Waals surface area (Å²) in [7, 11) is 2.77. The van der Waals surface area contributed by atoms with Gasteiger partial charge in [-0.15, -0.1) is 0 Å². The van der Waals surface area contributed by atoms with Crippen molar-refractivity contribution in [1.82, 2.24) is 0 Å². The first kappa shape index (κ1) is 32.3. The molecule has 0 aromatic heterocycles. The van der Waals surface area contributed by atoms with Crippen LogP contribution in [0.1, 0.15) is 31.2 Å². The lowest BCUT2D eigenvalue weighted by atomic mass is 9.51. The number of allylic oxidation sites excluding steroid dienone is 2. The van der Waals surface area contributed by atoms with Crippen LogP contribution in [0.4, 0.5) is 21.5 Å². The molecular weight excluding hydrogens is 661 g/mol. The van der Waals surface area contributed by atoms with E-state index < -0.39 is 69.4 Å². The number of hydrogen-bond donors (Lipinski definition) is 1. The lowest BCUT2D eigenvalue weighted by Crippen LogP contribution is -2.49. The van der Waals surface area contributed by atoms with Crippen molar-refractivity contribution in [2.24, 2.45) is 29.1 Å². The predicted molar refractivity (Wildman–Crippen MR) is 173 cm³/mol. The molecule has 6 atom stereocenters. The normalized spacial score (nSPS) is 27.4. The van der Waals surface area contributed by atoms with Crippen molar-refractivity contribution < 1.29 is 43.1 Å². The van der Waals surface area contributed by atoms with E-state index >= 15 is 0 Å². The number of carbonyl (C=O) groups excluding carboxylic acids is 4. The number of carbonyl (C=O) groups is 4. The number of anilines is 2. The molecule has 2 saturated heterocycles. The van der Waals surface area contributed by atoms with Gasteiger partial charge in [0.05, 0.1) is 58.7 Å². The third kappa shape index (κ3) is 4.55. The number of ether oxygens (including phenoxy) is 2. The molecule has 49 heavy (non-hydrogen) atoms. The van der Waals surface area contributed by atoms with Crippen molar-refractivity contribution in [2.75, 3.05) is 24.0 Å². The standard InChI is InChI=1S/C35H29ClFN3O9/c1-35-23(32(43)39(34(35)45)17-7-10-25(37)24(36)12-17)15-22-20(30(35)29-26(48-2)13-19(41)14-27(29)49-3)8-9-21-28(22)33(44)38(31(21)42)16-5-4-6-18(11-16)40(46)47/h4-8,10-14,21-23,28,30,41H,9,15H2,1-3H3/t21-,22+,23-,28-,30+,35+/m0/s1. The fraction of sp³-hybridized carbons (Fsp3) is 0.314. The first-order chi connectivity index (χ1) is 23.3. The van der Waals surface area contributed by atoms with Gasteiger partial charge in [0.25, 0.3) is 5.69 Å². The van der Waals surface area contributed by atoms with Crippen molar-refractivity contribution in [1.29, 1.82) is 0 Å². The molecule has 1 N–H and O–H groups in total. The molecule has 252 valence electrons. The summed E-state index contributed by atoms with van der Waals surface area (Å²) < 4.78 is 25.6. The Balaban J connectivity index is 1.41. The van der Waals surface area contributed by atoms with Crippen LogP contribution in [0.25, 0.3) is 0 Å². The van der Waals surface area contributed by atoms with E-state index in [0.29, 0.717) is 11.1 Å². The van der Waals surface area contributed by atoms with Crippen LogP contribution in [0.5, 0.6) is 17.2 Å². The third-order valence-corrected chi connectivity index (χ3v) is 10.8. The van der Waals surface area contributed by atoms with E-state index in [-0.39, 0.29) is 52.2 Å². The van der Waals surface area contributed by atoms with Crippen LogP contribution >= 0.6 is 11.6 Å². The fourth-order valence-corrected chi connectivity index (χ4v) is 8.58. The maximum Gasteiger partial charge on any atom is 0.271 e. The molecule has 3 fully saturated rings. The van der Waals surface area contributed by atoms with Gasteiger partial charge in [-0.3, -0.25) is 29.3 Å². The molecule has 3 aromatic carbocycles. The number of rotatable bonds is 6. The molecule has 7 rings (SSSR count). The van der Waals surface area contributed by atoms with Gasteiger partial charge in [-0.2, -0.15) is 0 Å². The Bertz CT molecular complexity index is 2010. The summed E-state index contributed by atoms with van der Waals surface area (Å²) in [6.07, 6.45) is 1.95. The Hall–Kier alpha value is -5.30. The van der Waals surface area contributed by atoms with Crippen LogP contribution in [0.3, 0.4) is 0 Å². The average Bonchev–Trinajstić information content (AvgIpc) is 3.45. The number of halogens is 2. The molecule has 0 spiro atoms. The first-order valence-corrected chi connectivity index (χ1v) is 15.8. The molecule has 2 aliphatic carbocycles. The van der Waals surface area contributed by atoms with Gasteiger partial charge in [-0.25, -0.2) is 14.2 Å². The number of nitro groups is 1. The fourth-order valence-electron chi connectivity index (χ4n) is 8.40. The van der Waals surface area contributed by atoms with E-state index in [1.54, 1.807) is 6.92 Å². The van der Waals surface area contributed by atoms with Gasteiger partial charge in [0.2, 0.25) is 23.6 Å². The number of fused-ring (bicyclic) bond motifs is 4. The lowest BCUT2D eigenvalue weighted by molar-refractivity contribution is -0.384. The second-order valence-corrected chi connectivity index (χ2v) is 13.2. The van der Waals surface area contributed by atoms with E-state index in [1.165, 1.54) is 62.8 Å². The number of non-ortho nitro benzene ring substituents is 1. The number of phenols is 1. The van der Waals surface area contributed by atoms with Crippen LogP contribution in [-0.4, -0.2) is 47.9 Å². The van der Waals surface area contributed by atoms with Gasteiger partial charge in [0.15, 0.2) is 0 Å². The van der Waals surface area contributed by atoms with Gasteiger partial charge >= 0.3 is 0 Å². The Labute approximate surface area is 283 Å². The zero-order valence-electron chi connectivity index (χ0n) is 26.4. The van der Waals surface area contributed by atoms with E-state index in [2.05, 4.69) is 0 Å². The topological polar surface area (TPSA) is 157 Å². The molecule has 0 bridgehead atoms. The monoisotopic (exact) mass is 689 g/mol. The van der Waals surface area contributed by atoms with Crippen molar-refractivity contribution in [3.05, 3.63) is 92.8 Å². The van der Waals surface area contributed by atoms with Crippen molar-refractivity contribution in [2.45, 2.75) is 25.7 Å². The van der Waals surface area contributed by atoms with Crippen molar-refractivity contribution in [3.63, 3.8) is 0 Å². The molecule has 14 heteroatoms. The zero-order chi connectivity index (χ0) is 35.1. The number of benzene rings is 3. The summed E-state index contributed by atoms with van der Waals surface area (Å²) in [5.74, 6) is -7.34. The number of imide groups is 2. The number of phenolic OH excluding ortho intramolecular Hbond substituents is 1. The van der Waals surface area contributed by atoms with E-state index in [0.717, 1.165) is 15.9 Å². The minimum absolute atomic E-state index is 0.0144. The Morgan fingerprint density at radius 3 is 2.24 bits per heavy atom. The first-order valence-electron chi connectivity index (χ1n) is 15.4. The molecule has 2 heterocycles. The number of aromatic hydroxyl groups is 1. The van der Waals surface area contributed by atoms with Crippen molar-refractivity contribution >= 4 is 52.3 Å². The Kier molecular flexibility index (Phi) is 7.51. The lowest BCUT2D eigenvalue weighted by Gasteiger charge is -2.49. The van der Waals surface area contributed by atoms with Crippen LogP contribution in [0.2, 0.25) is 5.02 Å². The summed E-state index contributed by atoms with van der Waals surface area (Å²) in [4.78, 5) is 70.1. The van der Waals surface area contributed by atoms with Gasteiger partial charge in [-0.05, 0) is 49.9 Å². The van der Waals surface area contributed by atoms with Crippen LogP contribution in [0, 0.1) is 45.0 Å². The highest BCUT2D eigenvalue weighted by Crippen LogP contribution is 2.66. The molecule has 12 nitrogen and oxygen atoms in total. The number of methoxy groups -OCH3 is 2. The van der Waals surface area contributed by atoms with E-state index in [4.69, 9.17) is 21.1 Å². The second kappa shape index (κ2) is 11.4. The summed E-state index contributed by atoms with van der Waals surface area (Å²) in [5.41, 5.74) is -0.690. The number of hydrogen-bond acceptors (Lipinski definition) is 9. The Morgan fingerprint density at radius 2 is 1.61 bits per heavy atom. The second-order valence-electron chi connectivity index (χ2n) is 12.8. The summed E-state index contributed by atoms with van der Waals surface area (Å²) in [5, 5.41) is 21.7. The number of nitrogens with zero attached hydrogens (tertiary/aromatic N) is 3.